The van der Waals surface area contributed by atoms with Crippen molar-refractivity contribution in [3.05, 3.63) is 0 Å². The highest BCUT2D eigenvalue weighted by atomic mass is 16.6. The third-order valence-corrected chi connectivity index (χ3v) is 1.60. The Morgan fingerprint density at radius 1 is 1.47 bits per heavy atom. The van der Waals surface area contributed by atoms with Gasteiger partial charge in [-0.3, -0.25) is 0 Å². The summed E-state index contributed by atoms with van der Waals surface area (Å²) in [5.74, 6) is 0. The molecule has 0 saturated carbocycles. The van der Waals surface area contributed by atoms with Gasteiger partial charge in [-0.05, 0) is 34.6 Å². The van der Waals surface area contributed by atoms with Gasteiger partial charge in [0, 0.05) is 6.61 Å². The van der Waals surface area contributed by atoms with Crippen LogP contribution in [0.3, 0.4) is 0 Å². The smallest absolute Gasteiger partial charge is 0.408 e. The Kier molecular flexibility index (Phi) is 5.60. The lowest BCUT2D eigenvalue weighted by atomic mass is 10.2. The zero-order valence-electron chi connectivity index (χ0n) is 10.2. The van der Waals surface area contributed by atoms with Gasteiger partial charge in [0.1, 0.15) is 11.8 Å². The van der Waals surface area contributed by atoms with Gasteiger partial charge in [-0.1, -0.05) is 0 Å². The predicted molar refractivity (Wildman–Crippen MR) is 58.4 cm³/mol. The molecule has 0 aromatic rings. The maximum absolute atomic E-state index is 11.3. The van der Waals surface area contributed by atoms with E-state index in [1.54, 1.807) is 27.7 Å². The molecule has 0 aliphatic carbocycles. The standard InChI is InChI=1S/C10H22N2O3/c1-6-14-8(11)7(2)12-9(13)15-10(3,4)5/h7-8H,6,11H2,1-5H3,(H,12,13). The number of nitrogens with two attached hydrogens (primary N) is 1. The fourth-order valence-corrected chi connectivity index (χ4v) is 0.912. The monoisotopic (exact) mass is 218 g/mol. The highest BCUT2D eigenvalue weighted by molar-refractivity contribution is 5.68. The average molecular weight is 218 g/mol. The van der Waals surface area contributed by atoms with E-state index in [4.69, 9.17) is 15.2 Å². The van der Waals surface area contributed by atoms with E-state index in [9.17, 15) is 4.79 Å². The van der Waals surface area contributed by atoms with Crippen LogP contribution in [0.1, 0.15) is 34.6 Å². The molecule has 0 rings (SSSR count). The maximum atomic E-state index is 11.3. The molecule has 0 aromatic heterocycles. The summed E-state index contributed by atoms with van der Waals surface area (Å²) in [6, 6.07) is -0.278. The van der Waals surface area contributed by atoms with Crippen molar-refractivity contribution in [1.29, 1.82) is 0 Å². The van der Waals surface area contributed by atoms with Crippen LogP contribution in [-0.4, -0.2) is 30.6 Å². The quantitative estimate of drug-likeness (QED) is 0.696. The zero-order chi connectivity index (χ0) is 12.1. The van der Waals surface area contributed by atoms with Crippen LogP contribution in [0.2, 0.25) is 0 Å². The van der Waals surface area contributed by atoms with Gasteiger partial charge in [0.2, 0.25) is 0 Å². The van der Waals surface area contributed by atoms with E-state index in [0.29, 0.717) is 6.61 Å². The minimum atomic E-state index is -0.512. The minimum absolute atomic E-state index is 0.278. The van der Waals surface area contributed by atoms with Crippen LogP contribution in [-0.2, 0) is 9.47 Å². The van der Waals surface area contributed by atoms with Gasteiger partial charge in [0.15, 0.2) is 0 Å². The first-order valence-electron chi connectivity index (χ1n) is 5.13. The molecular formula is C10H22N2O3. The summed E-state index contributed by atoms with van der Waals surface area (Å²) >= 11 is 0. The van der Waals surface area contributed by atoms with Crippen molar-refractivity contribution < 1.29 is 14.3 Å². The van der Waals surface area contributed by atoms with Gasteiger partial charge in [0.25, 0.3) is 0 Å². The van der Waals surface area contributed by atoms with E-state index in [0.717, 1.165) is 0 Å². The van der Waals surface area contributed by atoms with Crippen LogP contribution in [0.5, 0.6) is 0 Å². The van der Waals surface area contributed by atoms with Gasteiger partial charge in [-0.15, -0.1) is 0 Å². The van der Waals surface area contributed by atoms with Crippen molar-refractivity contribution in [2.45, 2.75) is 52.5 Å². The number of hydrogen-bond acceptors (Lipinski definition) is 4. The first-order chi connectivity index (χ1) is 6.76. The van der Waals surface area contributed by atoms with Crippen molar-refractivity contribution in [3.8, 4) is 0 Å². The van der Waals surface area contributed by atoms with Crippen molar-refractivity contribution in [2.24, 2.45) is 5.73 Å². The van der Waals surface area contributed by atoms with E-state index in [2.05, 4.69) is 5.32 Å². The Hall–Kier alpha value is -0.810. The molecule has 0 aromatic carbocycles. The number of alkyl carbamates (subject to hydrolysis) is 1. The van der Waals surface area contributed by atoms with Crippen LogP contribution in [0.25, 0.3) is 0 Å². The molecule has 5 heteroatoms. The molecule has 5 nitrogen and oxygen atoms in total. The lowest BCUT2D eigenvalue weighted by molar-refractivity contribution is 0.0249. The molecule has 0 radical (unpaired) electrons. The summed E-state index contributed by atoms with van der Waals surface area (Å²) in [6.07, 6.45) is -0.993. The summed E-state index contributed by atoms with van der Waals surface area (Å²) in [6.45, 7) is 9.55. The first-order valence-corrected chi connectivity index (χ1v) is 5.13. The lowest BCUT2D eigenvalue weighted by Crippen LogP contribution is -2.48. The number of nitrogens with one attached hydrogen (secondary N) is 1. The fourth-order valence-electron chi connectivity index (χ4n) is 0.912. The number of amides is 1. The molecule has 0 heterocycles. The largest absolute Gasteiger partial charge is 0.444 e. The summed E-state index contributed by atoms with van der Waals surface area (Å²) in [5, 5.41) is 2.61. The Morgan fingerprint density at radius 2 is 2.00 bits per heavy atom. The van der Waals surface area contributed by atoms with Crippen LogP contribution >= 0.6 is 0 Å². The van der Waals surface area contributed by atoms with E-state index in [1.807, 2.05) is 6.92 Å². The minimum Gasteiger partial charge on any atom is -0.444 e. The van der Waals surface area contributed by atoms with Crippen molar-refractivity contribution >= 4 is 6.09 Å². The Balaban J connectivity index is 3.96. The van der Waals surface area contributed by atoms with E-state index in [-0.39, 0.29) is 6.04 Å². The molecule has 2 unspecified atom stereocenters. The topological polar surface area (TPSA) is 73.6 Å². The highest BCUT2D eigenvalue weighted by Crippen LogP contribution is 2.07. The number of rotatable bonds is 4. The van der Waals surface area contributed by atoms with Crippen molar-refractivity contribution in [2.75, 3.05) is 6.61 Å². The lowest BCUT2D eigenvalue weighted by Gasteiger charge is -2.24. The number of hydrogen-bond donors (Lipinski definition) is 2. The fraction of sp³-hybridized carbons (Fsp3) is 0.900. The Labute approximate surface area is 91.3 Å². The number of ether oxygens (including phenoxy) is 2. The first kappa shape index (κ1) is 14.2. The molecule has 0 bridgehead atoms. The van der Waals surface area contributed by atoms with E-state index >= 15 is 0 Å². The molecule has 0 fully saturated rings. The third-order valence-electron chi connectivity index (χ3n) is 1.60. The summed E-state index contributed by atoms with van der Waals surface area (Å²) in [7, 11) is 0. The molecule has 1 amide bonds. The third kappa shape index (κ3) is 7.16. The Bertz CT molecular complexity index is 201. The van der Waals surface area contributed by atoms with E-state index < -0.39 is 17.9 Å². The van der Waals surface area contributed by atoms with Gasteiger partial charge >= 0.3 is 6.09 Å². The van der Waals surface area contributed by atoms with Crippen molar-refractivity contribution in [3.63, 3.8) is 0 Å². The molecular weight excluding hydrogens is 196 g/mol. The second-order valence-corrected chi connectivity index (χ2v) is 4.35. The number of carbonyl (C=O) groups is 1. The average Bonchev–Trinajstić information content (AvgIpc) is 2.00. The molecule has 2 atom stereocenters. The van der Waals surface area contributed by atoms with Gasteiger partial charge in [-0.25, -0.2) is 4.79 Å². The highest BCUT2D eigenvalue weighted by Gasteiger charge is 2.20. The summed E-state index contributed by atoms with van der Waals surface area (Å²) in [5.41, 5.74) is 5.15. The predicted octanol–water partition coefficient (Wildman–Crippen LogP) is 1.22. The number of carbonyl (C=O) groups excluding carboxylic acids is 1. The van der Waals surface area contributed by atoms with Gasteiger partial charge < -0.3 is 20.5 Å². The molecule has 15 heavy (non-hydrogen) atoms. The zero-order valence-corrected chi connectivity index (χ0v) is 10.2. The summed E-state index contributed by atoms with van der Waals surface area (Å²) < 4.78 is 10.2. The van der Waals surface area contributed by atoms with Crippen LogP contribution in [0.4, 0.5) is 4.79 Å². The maximum Gasteiger partial charge on any atom is 0.408 e. The second-order valence-electron chi connectivity index (χ2n) is 4.35. The Morgan fingerprint density at radius 3 is 2.40 bits per heavy atom. The molecule has 3 N–H and O–H groups in total. The van der Waals surface area contributed by atoms with Crippen LogP contribution < -0.4 is 11.1 Å². The normalized spacial score (nSPS) is 15.6. The SMILES string of the molecule is CCOC(N)C(C)NC(=O)OC(C)(C)C. The van der Waals surface area contributed by atoms with Crippen LogP contribution in [0, 0.1) is 0 Å². The van der Waals surface area contributed by atoms with Crippen molar-refractivity contribution in [1.82, 2.24) is 5.32 Å². The van der Waals surface area contributed by atoms with Crippen LogP contribution in [0.15, 0.2) is 0 Å². The summed E-state index contributed by atoms with van der Waals surface area (Å²) in [4.78, 5) is 11.3. The van der Waals surface area contributed by atoms with Gasteiger partial charge in [0.05, 0.1) is 6.04 Å². The van der Waals surface area contributed by atoms with E-state index in [1.165, 1.54) is 0 Å². The molecule has 0 aliphatic rings. The second kappa shape index (κ2) is 5.92. The molecule has 0 saturated heterocycles. The molecule has 90 valence electrons. The molecule has 0 aliphatic heterocycles. The molecule has 0 spiro atoms. The van der Waals surface area contributed by atoms with Gasteiger partial charge in [-0.2, -0.15) is 0 Å².